The first-order chi connectivity index (χ1) is 68.9. The van der Waals surface area contributed by atoms with Crippen LogP contribution in [0, 0.1) is 72.4 Å². The van der Waals surface area contributed by atoms with Gasteiger partial charge in [-0.3, -0.25) is 28.8 Å². The van der Waals surface area contributed by atoms with Gasteiger partial charge in [0.05, 0.1) is 24.8 Å². The van der Waals surface area contributed by atoms with Gasteiger partial charge in [0.1, 0.15) is 90.4 Å². The molecule has 9 rings (SSSR count). The molecular formula is C102H127F14N11O20. The van der Waals surface area contributed by atoms with Gasteiger partial charge in [-0.25, -0.2) is 95.0 Å². The quantitative estimate of drug-likeness (QED) is 0.0125. The summed E-state index contributed by atoms with van der Waals surface area (Å²) in [5.41, 5.74) is 2.56. The van der Waals surface area contributed by atoms with Crippen molar-refractivity contribution in [2.24, 2.45) is 23.7 Å². The highest BCUT2D eigenvalue weighted by Crippen LogP contribution is 2.34. The van der Waals surface area contributed by atoms with Crippen molar-refractivity contribution in [1.82, 2.24) is 58.1 Å². The second kappa shape index (κ2) is 64.0. The highest BCUT2D eigenvalue weighted by Gasteiger charge is 2.45. The van der Waals surface area contributed by atoms with Gasteiger partial charge < -0.3 is 92.3 Å². The van der Waals surface area contributed by atoms with Gasteiger partial charge in [0.15, 0.2) is 0 Å². The SMILES string of the molecule is C.CC(C)COC(=O)N[C@H](C(=O)N1C[C@H](c2ccccc2)CC1C(=O)N[C@@H](CC(F)F)C(=O)NCCc1c(F)cc(C(=O)O)cc1F)C(C)C.CC(C)COC(=O)N[C@H](C(=O)O)C(C)C.Cc1cc(F)c(CCNC(=O)[C@H](CC(F)F)NC(=O)C2C[C@@H](c3ccccc3)CN2)c(F)c1.Cc1cc(F)c(CCNC(=O)[C@H](CC(F)F)NC(=O)OCc2ccccc2)c(F)c1.O=C(N[C@@H](CC(F)F)C(=O)O)OCc1ccccc1. The van der Waals surface area contributed by atoms with Gasteiger partial charge in [0.2, 0.25) is 61.1 Å². The van der Waals surface area contributed by atoms with Crippen LogP contribution in [0.3, 0.4) is 0 Å². The van der Waals surface area contributed by atoms with Gasteiger partial charge in [-0.15, -0.1) is 0 Å². The number of carbonyl (C=O) groups excluding carboxylic acids is 10. The standard InChI is InChI=1S/C34H42F4N4O7.C24H27F4N3O2.C21H22F4N2O3.C12H13F2NO4.C10H19NO4.CH4/c1-18(2)17-49-34(48)41-29(19(3)4)32(45)42-16-22(20-8-6-5-7-9-20)14-27(42)31(44)40-26(15-28(37)38)30(43)39-11-10-23-24(35)12-21(33(46)47)13-25(23)36;1-14-9-18(25)17(19(26)10-14)7-8-29-23(32)21(12-22(27)28)31-24(33)20-11-16(13-30-20)15-5-3-2-4-6-15;1-13-9-16(22)15(17(23)10-13)7-8-26-20(28)18(11-19(24)25)27-21(29)30-12-14-5-3-2-4-6-14;13-10(14)6-9(11(16)17)15-12(18)19-7-8-4-2-1-3-5-8;1-6(2)5-15-10(14)11-8(7(3)4)9(12)13;/h5-9,12-13,18-19,22,26-29H,10-11,14-17H2,1-4H3,(H,39,43)(H,40,44)(H,41,48)(H,46,47);2-6,9-10,16,20-22,30H,7-8,11-13H2,1H3,(H,29,32)(H,31,33);2-6,9-10,18-19H,7-8,11-12H2,1H3,(H,26,28)(H,27,29);1-5,9-10H,6-7H2,(H,15,18)(H,16,17);6-8H,5H2,1-4H3,(H,11,14)(H,12,13);1H4/t22-,26+,27?,29+;16-,20?,21+;18-;9-;8-;/m11000./s1. The number of halogens is 14. The fraction of sp³-hybridized carbons (Fsp3) is 0.461. The van der Waals surface area contributed by atoms with Crippen molar-refractivity contribution < 1.29 is 158 Å². The smallest absolute Gasteiger partial charge is 0.408 e. The summed E-state index contributed by atoms with van der Waals surface area (Å²) in [5, 5.41) is 50.1. The van der Waals surface area contributed by atoms with Crippen LogP contribution in [0.2, 0.25) is 0 Å². The molecule has 7 aromatic carbocycles. The Morgan fingerprint density at radius 2 is 0.721 bits per heavy atom. The van der Waals surface area contributed by atoms with Crippen LogP contribution in [0.1, 0.15) is 174 Å². The van der Waals surface area contributed by atoms with Crippen LogP contribution < -0.4 is 53.2 Å². The zero-order valence-corrected chi connectivity index (χ0v) is 81.7. The predicted molar refractivity (Wildman–Crippen MR) is 512 cm³/mol. The van der Waals surface area contributed by atoms with Gasteiger partial charge in [-0.1, -0.05) is 184 Å². The number of rotatable bonds is 44. The van der Waals surface area contributed by atoms with E-state index in [1.54, 1.807) is 113 Å². The third kappa shape index (κ3) is 45.6. The Labute approximate surface area is 841 Å². The molecule has 147 heavy (non-hydrogen) atoms. The van der Waals surface area contributed by atoms with Crippen molar-refractivity contribution in [2.75, 3.05) is 45.9 Å². The molecule has 0 aromatic heterocycles. The zero-order valence-electron chi connectivity index (χ0n) is 81.7. The Morgan fingerprint density at radius 3 is 1.07 bits per heavy atom. The maximum atomic E-state index is 14.3. The molecule has 2 aliphatic heterocycles. The lowest BCUT2D eigenvalue weighted by molar-refractivity contribution is -0.141. The number of likely N-dealkylation sites (tertiary alicyclic amines) is 1. The van der Waals surface area contributed by atoms with Gasteiger partial charge in [0, 0.05) is 81.0 Å². The predicted octanol–water partition coefficient (Wildman–Crippen LogP) is 15.5. The Morgan fingerprint density at radius 1 is 0.395 bits per heavy atom. The highest BCUT2D eigenvalue weighted by atomic mass is 19.3. The topological polar surface area (TPSA) is 443 Å². The third-order valence-corrected chi connectivity index (χ3v) is 21.9. The molecule has 808 valence electrons. The largest absolute Gasteiger partial charge is 0.480 e. The molecule has 0 saturated carbocycles. The van der Waals surface area contributed by atoms with Gasteiger partial charge >= 0.3 is 42.3 Å². The zero-order chi connectivity index (χ0) is 109. The van der Waals surface area contributed by atoms with E-state index in [4.69, 9.17) is 34.3 Å². The molecule has 10 amide bonds. The minimum Gasteiger partial charge on any atom is -0.480 e. The van der Waals surface area contributed by atoms with E-state index >= 15 is 0 Å². The van der Waals surface area contributed by atoms with Gasteiger partial charge in [0.25, 0.3) is 0 Å². The number of carboxylic acid groups (broad SMARTS) is 3. The first-order valence-corrected chi connectivity index (χ1v) is 46.5. The molecule has 0 aliphatic carbocycles. The number of alkyl halides is 8. The lowest BCUT2D eigenvalue weighted by atomic mass is 9.96. The molecule has 2 fully saturated rings. The number of aryl methyl sites for hydroxylation is 2. The highest BCUT2D eigenvalue weighted by molar-refractivity contribution is 5.95. The van der Waals surface area contributed by atoms with E-state index in [0.717, 1.165) is 23.3 Å². The van der Waals surface area contributed by atoms with E-state index in [2.05, 4.69) is 47.9 Å². The number of alkyl carbamates (subject to hydrolysis) is 4. The Hall–Kier alpha value is -14.2. The number of aliphatic carboxylic acids is 2. The monoisotopic (exact) mass is 2090 g/mol. The minimum atomic E-state index is -3.03. The second-order valence-corrected chi connectivity index (χ2v) is 35.5. The number of aromatic carboxylic acids is 1. The number of nitrogens with zero attached hydrogens (tertiary/aromatic N) is 1. The van der Waals surface area contributed by atoms with Crippen LogP contribution in [0.4, 0.5) is 80.6 Å². The summed E-state index contributed by atoms with van der Waals surface area (Å²) < 4.78 is 207. The number of hydrogen-bond acceptors (Lipinski definition) is 18. The average molecular weight is 2090 g/mol. The van der Waals surface area contributed by atoms with Crippen LogP contribution in [-0.2, 0) is 89.8 Å². The normalized spacial score (nSPS) is 15.2. The van der Waals surface area contributed by atoms with E-state index < -0.39 is 242 Å². The van der Waals surface area contributed by atoms with Gasteiger partial charge in [-0.2, -0.15) is 0 Å². The summed E-state index contributed by atoms with van der Waals surface area (Å²) in [5.74, 6) is -14.8. The number of amides is 10. The summed E-state index contributed by atoms with van der Waals surface area (Å²) >= 11 is 0. The molecule has 0 radical (unpaired) electrons. The van der Waals surface area contributed by atoms with Crippen molar-refractivity contribution >= 4 is 77.7 Å². The lowest BCUT2D eigenvalue weighted by Crippen LogP contribution is -2.57. The Kier molecular flexibility index (Phi) is 54.4. The first-order valence-electron chi connectivity index (χ1n) is 46.5. The molecule has 7 aromatic rings. The number of hydrogen-bond donors (Lipinski definition) is 13. The van der Waals surface area contributed by atoms with E-state index in [-0.39, 0.29) is 113 Å². The maximum absolute atomic E-state index is 14.3. The molecule has 13 N–H and O–H groups in total. The summed E-state index contributed by atoms with van der Waals surface area (Å²) in [6.07, 6.45) is -19.1. The molecule has 2 heterocycles. The van der Waals surface area contributed by atoms with Crippen LogP contribution in [0.5, 0.6) is 0 Å². The van der Waals surface area contributed by atoms with E-state index in [9.17, 15) is 124 Å². The Bertz CT molecular complexity index is 5320. The lowest BCUT2D eigenvalue weighted by Gasteiger charge is -2.31. The van der Waals surface area contributed by atoms with Crippen LogP contribution >= 0.6 is 0 Å². The molecule has 10 atom stereocenters. The van der Waals surface area contributed by atoms with Crippen LogP contribution in [0.25, 0.3) is 0 Å². The molecule has 0 bridgehead atoms. The van der Waals surface area contributed by atoms with Crippen molar-refractivity contribution in [3.05, 3.63) is 248 Å². The summed E-state index contributed by atoms with van der Waals surface area (Å²) in [7, 11) is 0. The molecule has 2 unspecified atom stereocenters. The molecule has 2 saturated heterocycles. The summed E-state index contributed by atoms with van der Waals surface area (Å²) in [6.45, 7) is 17.5. The fourth-order valence-corrected chi connectivity index (χ4v) is 14.4. The van der Waals surface area contributed by atoms with Crippen molar-refractivity contribution in [2.45, 2.75) is 234 Å². The Balaban J connectivity index is 0.000000404. The summed E-state index contributed by atoms with van der Waals surface area (Å²) in [4.78, 5) is 158. The fourth-order valence-electron chi connectivity index (χ4n) is 14.4. The van der Waals surface area contributed by atoms with Crippen molar-refractivity contribution in [3.63, 3.8) is 0 Å². The molecule has 0 spiro atoms. The number of carbonyl (C=O) groups is 13. The average Bonchev–Trinajstić information content (AvgIpc) is 1.64. The van der Waals surface area contributed by atoms with E-state index in [1.165, 1.54) is 24.0 Å². The second-order valence-electron chi connectivity index (χ2n) is 35.5. The van der Waals surface area contributed by atoms with Crippen LogP contribution in [-0.4, -0.2) is 218 Å². The van der Waals surface area contributed by atoms with Crippen molar-refractivity contribution in [1.29, 1.82) is 0 Å². The first kappa shape index (κ1) is 125. The number of nitrogens with one attached hydrogen (secondary N) is 10. The molecule has 31 nitrogen and oxygen atoms in total. The van der Waals surface area contributed by atoms with Crippen LogP contribution in [0.15, 0.2) is 158 Å². The van der Waals surface area contributed by atoms with E-state index in [1.807, 2.05) is 75.5 Å². The minimum absolute atomic E-state index is 0. The number of ether oxygens (including phenoxy) is 4. The van der Waals surface area contributed by atoms with E-state index in [0.29, 0.717) is 47.4 Å². The summed E-state index contributed by atoms with van der Waals surface area (Å²) in [6, 6.07) is 31.7. The van der Waals surface area contributed by atoms with Crippen molar-refractivity contribution in [3.8, 4) is 0 Å². The number of benzene rings is 7. The molecule has 45 heteroatoms. The molecule has 2 aliphatic rings. The maximum Gasteiger partial charge on any atom is 0.408 e. The molecular weight excluding hydrogens is 1970 g/mol. The number of carboxylic acids is 3. The third-order valence-electron chi connectivity index (χ3n) is 21.9. The van der Waals surface area contributed by atoms with Gasteiger partial charge in [-0.05, 0) is 145 Å².